The standard InChI is InChI=1S/C16H20F2N4O/c1-20-14-12(22(15(20)23)10-11-9-16(11,17)18)5-6-13(19-14)21-7-3-2-4-8-21/h5-6,11H,2-4,7-10H2,1H3. The molecule has 1 saturated carbocycles. The number of piperidine rings is 1. The number of pyridine rings is 1. The fourth-order valence-corrected chi connectivity index (χ4v) is 3.43. The summed E-state index contributed by atoms with van der Waals surface area (Å²) >= 11 is 0. The van der Waals surface area contributed by atoms with Crippen molar-refractivity contribution in [3.05, 3.63) is 22.6 Å². The minimum Gasteiger partial charge on any atom is -0.357 e. The first-order valence-electron chi connectivity index (χ1n) is 8.16. The van der Waals surface area contributed by atoms with Gasteiger partial charge in [-0.15, -0.1) is 0 Å². The lowest BCUT2D eigenvalue weighted by molar-refractivity contribution is 0.0951. The van der Waals surface area contributed by atoms with E-state index in [2.05, 4.69) is 9.88 Å². The summed E-state index contributed by atoms with van der Waals surface area (Å²) < 4.78 is 29.3. The van der Waals surface area contributed by atoms with E-state index < -0.39 is 11.8 Å². The van der Waals surface area contributed by atoms with Gasteiger partial charge in [-0.05, 0) is 31.4 Å². The summed E-state index contributed by atoms with van der Waals surface area (Å²) in [6.45, 7) is 2.01. The van der Waals surface area contributed by atoms with Crippen LogP contribution in [-0.4, -0.2) is 33.1 Å². The molecule has 0 bridgehead atoms. The van der Waals surface area contributed by atoms with Crippen LogP contribution >= 0.6 is 0 Å². The predicted molar refractivity (Wildman–Crippen MR) is 84.1 cm³/mol. The summed E-state index contributed by atoms with van der Waals surface area (Å²) in [4.78, 5) is 19.2. The number of nitrogens with zero attached hydrogens (tertiary/aromatic N) is 4. The SMILES string of the molecule is Cn1c(=O)n(CC2CC2(F)F)c2ccc(N3CCCCC3)nc21. The molecule has 1 saturated heterocycles. The Morgan fingerprint density at radius 1 is 1.26 bits per heavy atom. The highest BCUT2D eigenvalue weighted by atomic mass is 19.3. The molecule has 4 rings (SSSR count). The summed E-state index contributed by atoms with van der Waals surface area (Å²) in [6, 6.07) is 3.74. The van der Waals surface area contributed by atoms with Crippen molar-refractivity contribution >= 4 is 17.0 Å². The van der Waals surface area contributed by atoms with Gasteiger partial charge in [0.15, 0.2) is 5.65 Å². The minimum atomic E-state index is -2.62. The molecule has 124 valence electrons. The van der Waals surface area contributed by atoms with Crippen molar-refractivity contribution in [1.82, 2.24) is 14.1 Å². The topological polar surface area (TPSA) is 43.1 Å². The molecule has 23 heavy (non-hydrogen) atoms. The molecule has 7 heteroatoms. The maximum absolute atomic E-state index is 13.2. The second-order valence-corrected chi connectivity index (χ2v) is 6.67. The molecule has 0 radical (unpaired) electrons. The highest BCUT2D eigenvalue weighted by molar-refractivity contribution is 5.74. The second kappa shape index (κ2) is 5.04. The fraction of sp³-hybridized carbons (Fsp3) is 0.625. The van der Waals surface area contributed by atoms with Crippen molar-refractivity contribution in [3.63, 3.8) is 0 Å². The average Bonchev–Trinajstić information content (AvgIpc) is 3.10. The Labute approximate surface area is 132 Å². The van der Waals surface area contributed by atoms with Gasteiger partial charge in [0.25, 0.3) is 5.92 Å². The summed E-state index contributed by atoms with van der Waals surface area (Å²) in [5.41, 5.74) is 0.939. The predicted octanol–water partition coefficient (Wildman–Crippen LogP) is 2.38. The van der Waals surface area contributed by atoms with Gasteiger partial charge in [-0.2, -0.15) is 0 Å². The van der Waals surface area contributed by atoms with Gasteiger partial charge >= 0.3 is 5.69 Å². The molecular weight excluding hydrogens is 302 g/mol. The number of aromatic nitrogens is 3. The third-order valence-electron chi connectivity index (χ3n) is 5.00. The number of alkyl halides is 2. The van der Waals surface area contributed by atoms with E-state index in [9.17, 15) is 13.6 Å². The Hall–Kier alpha value is -1.92. The van der Waals surface area contributed by atoms with E-state index in [4.69, 9.17) is 0 Å². The van der Waals surface area contributed by atoms with Crippen molar-refractivity contribution in [1.29, 1.82) is 0 Å². The Morgan fingerprint density at radius 2 is 1.96 bits per heavy atom. The Balaban J connectivity index is 1.72. The molecule has 0 aromatic carbocycles. The second-order valence-electron chi connectivity index (χ2n) is 6.67. The number of aryl methyl sites for hydroxylation is 1. The molecule has 2 fully saturated rings. The van der Waals surface area contributed by atoms with E-state index in [1.165, 1.54) is 15.6 Å². The van der Waals surface area contributed by atoms with Gasteiger partial charge in [-0.25, -0.2) is 18.6 Å². The van der Waals surface area contributed by atoms with E-state index >= 15 is 0 Å². The zero-order valence-corrected chi connectivity index (χ0v) is 13.1. The Morgan fingerprint density at radius 3 is 2.61 bits per heavy atom. The molecule has 2 aromatic rings. The lowest BCUT2D eigenvalue weighted by Crippen LogP contribution is -2.30. The summed E-state index contributed by atoms with van der Waals surface area (Å²) in [6.07, 6.45) is 3.41. The van der Waals surface area contributed by atoms with Crippen LogP contribution in [0.5, 0.6) is 0 Å². The average molecular weight is 322 g/mol. The van der Waals surface area contributed by atoms with E-state index in [1.54, 1.807) is 7.05 Å². The third-order valence-corrected chi connectivity index (χ3v) is 5.00. The van der Waals surface area contributed by atoms with Gasteiger partial charge in [0.2, 0.25) is 0 Å². The van der Waals surface area contributed by atoms with Gasteiger partial charge in [-0.1, -0.05) is 0 Å². The highest BCUT2D eigenvalue weighted by Crippen LogP contribution is 2.49. The third kappa shape index (κ3) is 2.42. The van der Waals surface area contributed by atoms with Gasteiger partial charge in [0.1, 0.15) is 5.82 Å². The molecular formula is C16H20F2N4O. The summed E-state index contributed by atoms with van der Waals surface area (Å²) in [5.74, 6) is -2.49. The van der Waals surface area contributed by atoms with Gasteiger partial charge in [-0.3, -0.25) is 9.13 Å². The van der Waals surface area contributed by atoms with E-state index in [0.717, 1.165) is 31.7 Å². The van der Waals surface area contributed by atoms with E-state index in [-0.39, 0.29) is 18.7 Å². The number of rotatable bonds is 3. The monoisotopic (exact) mass is 322 g/mol. The van der Waals surface area contributed by atoms with Crippen LogP contribution < -0.4 is 10.6 Å². The van der Waals surface area contributed by atoms with Gasteiger partial charge in [0, 0.05) is 39.0 Å². The number of halogens is 2. The number of imidazole rings is 1. The van der Waals surface area contributed by atoms with Crippen molar-refractivity contribution in [2.45, 2.75) is 38.2 Å². The molecule has 1 atom stereocenters. The molecule has 5 nitrogen and oxygen atoms in total. The first-order chi connectivity index (χ1) is 11.0. The van der Waals surface area contributed by atoms with Crippen LogP contribution in [0.1, 0.15) is 25.7 Å². The quantitative estimate of drug-likeness (QED) is 0.871. The molecule has 2 aromatic heterocycles. The smallest absolute Gasteiger partial charge is 0.330 e. The lowest BCUT2D eigenvalue weighted by atomic mass is 10.1. The zero-order chi connectivity index (χ0) is 16.2. The first-order valence-corrected chi connectivity index (χ1v) is 8.16. The van der Waals surface area contributed by atoms with Crippen LogP contribution in [0, 0.1) is 5.92 Å². The summed E-state index contributed by atoms with van der Waals surface area (Å²) in [5, 5.41) is 0. The van der Waals surface area contributed by atoms with Gasteiger partial charge in [0.05, 0.1) is 5.52 Å². The van der Waals surface area contributed by atoms with Crippen LogP contribution in [0.2, 0.25) is 0 Å². The molecule has 3 heterocycles. The minimum absolute atomic E-state index is 0.0634. The van der Waals surface area contributed by atoms with Crippen molar-refractivity contribution in [2.24, 2.45) is 13.0 Å². The number of fused-ring (bicyclic) bond motifs is 1. The Kier molecular flexibility index (Phi) is 3.21. The number of anilines is 1. The van der Waals surface area contributed by atoms with Crippen molar-refractivity contribution in [3.8, 4) is 0 Å². The maximum atomic E-state index is 13.2. The molecule has 0 N–H and O–H groups in total. The normalized spacial score (nSPS) is 23.4. The van der Waals surface area contributed by atoms with Crippen molar-refractivity contribution in [2.75, 3.05) is 18.0 Å². The maximum Gasteiger partial charge on any atom is 0.330 e. The molecule has 0 spiro atoms. The van der Waals surface area contributed by atoms with E-state index in [0.29, 0.717) is 11.2 Å². The van der Waals surface area contributed by atoms with Crippen LogP contribution in [0.4, 0.5) is 14.6 Å². The number of hydrogen-bond acceptors (Lipinski definition) is 3. The van der Waals surface area contributed by atoms with E-state index in [1.807, 2.05) is 12.1 Å². The van der Waals surface area contributed by atoms with Crippen molar-refractivity contribution < 1.29 is 8.78 Å². The molecule has 0 amide bonds. The first kappa shape index (κ1) is 14.7. The zero-order valence-electron chi connectivity index (χ0n) is 13.1. The van der Waals surface area contributed by atoms with Gasteiger partial charge < -0.3 is 4.90 Å². The Bertz CT molecular complexity index is 804. The number of hydrogen-bond donors (Lipinski definition) is 0. The van der Waals surface area contributed by atoms with Crippen LogP contribution in [-0.2, 0) is 13.6 Å². The molecule has 1 aliphatic heterocycles. The van der Waals surface area contributed by atoms with Crippen LogP contribution in [0.15, 0.2) is 16.9 Å². The molecule has 1 aliphatic carbocycles. The summed E-state index contributed by atoms with van der Waals surface area (Å²) in [7, 11) is 1.65. The van der Waals surface area contributed by atoms with Crippen LogP contribution in [0.25, 0.3) is 11.2 Å². The molecule has 1 unspecified atom stereocenters. The largest absolute Gasteiger partial charge is 0.357 e. The molecule has 2 aliphatic rings. The lowest BCUT2D eigenvalue weighted by Gasteiger charge is -2.27. The fourth-order valence-electron chi connectivity index (χ4n) is 3.43. The highest BCUT2D eigenvalue weighted by Gasteiger charge is 2.57. The van der Waals surface area contributed by atoms with Crippen LogP contribution in [0.3, 0.4) is 0 Å².